The van der Waals surface area contributed by atoms with Crippen molar-refractivity contribution in [2.75, 3.05) is 5.01 Å². The van der Waals surface area contributed by atoms with Crippen LogP contribution in [0.3, 0.4) is 0 Å². The number of aryl methyl sites for hydroxylation is 3. The van der Waals surface area contributed by atoms with Crippen molar-refractivity contribution in [3.05, 3.63) is 99.8 Å². The van der Waals surface area contributed by atoms with E-state index in [0.717, 1.165) is 41.1 Å². The van der Waals surface area contributed by atoms with Crippen LogP contribution in [-0.2, 0) is 11.2 Å². The number of nitrogens with zero attached hydrogens (tertiary/aromatic N) is 6. The molecular weight excluding hydrogens is 416 g/mol. The van der Waals surface area contributed by atoms with Crippen molar-refractivity contribution < 1.29 is 4.79 Å². The summed E-state index contributed by atoms with van der Waals surface area (Å²) in [6.07, 6.45) is 8.26. The lowest BCUT2D eigenvalue weighted by Gasteiger charge is -2.23. The molecule has 6 rings (SSSR count). The monoisotopic (exact) mass is 436 g/mol. The highest BCUT2D eigenvalue weighted by Gasteiger charge is 2.34. The molecule has 0 spiro atoms. The number of fused-ring (bicyclic) bond motifs is 1. The lowest BCUT2D eigenvalue weighted by Crippen LogP contribution is -2.45. The minimum atomic E-state index is -0.442. The van der Waals surface area contributed by atoms with Gasteiger partial charge in [0.2, 0.25) is 0 Å². The van der Waals surface area contributed by atoms with Crippen LogP contribution < -0.4 is 10.6 Å². The summed E-state index contributed by atoms with van der Waals surface area (Å²) in [4.78, 5) is 40.2. The first kappa shape index (κ1) is 19.4. The van der Waals surface area contributed by atoms with Crippen molar-refractivity contribution in [2.24, 2.45) is 0 Å². The van der Waals surface area contributed by atoms with Gasteiger partial charge in [0.25, 0.3) is 5.91 Å². The van der Waals surface area contributed by atoms with Gasteiger partial charge in [-0.3, -0.25) is 9.59 Å². The average molecular weight is 436 g/mol. The highest BCUT2D eigenvalue weighted by Crippen LogP contribution is 2.37. The van der Waals surface area contributed by atoms with Gasteiger partial charge < -0.3 is 4.57 Å². The molecule has 0 fully saturated rings. The van der Waals surface area contributed by atoms with Crippen molar-refractivity contribution in [3.8, 4) is 0 Å². The first-order valence-electron chi connectivity index (χ1n) is 10.8. The van der Waals surface area contributed by atoms with Crippen LogP contribution in [0, 0.1) is 13.8 Å². The summed E-state index contributed by atoms with van der Waals surface area (Å²) in [5, 5.41) is 1.37. The molecule has 1 aliphatic carbocycles. The minimum absolute atomic E-state index is 0.115. The summed E-state index contributed by atoms with van der Waals surface area (Å²) in [5.41, 5.74) is 5.30. The summed E-state index contributed by atoms with van der Waals surface area (Å²) in [6, 6.07) is 12.0. The maximum absolute atomic E-state index is 13.9. The predicted molar refractivity (Wildman–Crippen MR) is 125 cm³/mol. The smallest absolute Gasteiger partial charge is 0.301 e. The van der Waals surface area contributed by atoms with E-state index in [9.17, 15) is 9.59 Å². The molecule has 0 saturated carbocycles. The van der Waals surface area contributed by atoms with Crippen molar-refractivity contribution >= 4 is 28.3 Å². The number of benzene rings is 1. The predicted octanol–water partition coefficient (Wildman–Crippen LogP) is 2.96. The molecule has 0 unspecified atom stereocenters. The van der Waals surface area contributed by atoms with Crippen molar-refractivity contribution in [2.45, 2.75) is 26.7 Å². The zero-order valence-corrected chi connectivity index (χ0v) is 18.2. The van der Waals surface area contributed by atoms with E-state index in [2.05, 4.69) is 25.6 Å². The number of hydrogen-bond donors (Lipinski definition) is 0. The fourth-order valence-electron chi connectivity index (χ4n) is 4.74. The van der Waals surface area contributed by atoms with Crippen molar-refractivity contribution in [3.63, 3.8) is 0 Å². The van der Waals surface area contributed by atoms with Crippen LogP contribution in [0.15, 0.2) is 65.9 Å². The van der Waals surface area contributed by atoms with Gasteiger partial charge in [-0.1, -0.05) is 36.4 Å². The molecule has 4 heterocycles. The van der Waals surface area contributed by atoms with Crippen LogP contribution in [0.2, 0.25) is 0 Å². The summed E-state index contributed by atoms with van der Waals surface area (Å²) in [7, 11) is 0. The van der Waals surface area contributed by atoms with Crippen LogP contribution in [0.25, 0.3) is 22.4 Å². The minimum Gasteiger partial charge on any atom is -0.311 e. The number of allylic oxidation sites excluding steroid dienone is 1. The molecule has 0 radical (unpaired) electrons. The van der Waals surface area contributed by atoms with Crippen molar-refractivity contribution in [1.82, 2.24) is 24.2 Å². The van der Waals surface area contributed by atoms with Gasteiger partial charge in [0, 0.05) is 23.7 Å². The van der Waals surface area contributed by atoms with Gasteiger partial charge in [-0.2, -0.15) is 4.68 Å². The second kappa shape index (κ2) is 7.09. The molecule has 33 heavy (non-hydrogen) atoms. The third kappa shape index (κ3) is 2.80. The number of carbonyl (C=O) groups is 1. The van der Waals surface area contributed by atoms with E-state index in [1.165, 1.54) is 22.1 Å². The molecule has 1 aliphatic heterocycles. The van der Waals surface area contributed by atoms with Crippen LogP contribution in [0.1, 0.15) is 34.8 Å². The highest BCUT2D eigenvalue weighted by molar-refractivity contribution is 6.26. The normalized spacial score (nSPS) is 15.2. The summed E-state index contributed by atoms with van der Waals surface area (Å²) in [6.45, 7) is 3.73. The van der Waals surface area contributed by atoms with Gasteiger partial charge in [0.05, 0.1) is 23.2 Å². The van der Waals surface area contributed by atoms with Gasteiger partial charge in [-0.15, -0.1) is 0 Å². The van der Waals surface area contributed by atoms with Gasteiger partial charge in [-0.05, 0) is 38.3 Å². The molecule has 0 atom stereocenters. The first-order valence-corrected chi connectivity index (χ1v) is 10.8. The van der Waals surface area contributed by atoms with E-state index >= 15 is 0 Å². The van der Waals surface area contributed by atoms with Crippen molar-refractivity contribution in [1.29, 1.82) is 0 Å². The maximum Gasteiger partial charge on any atom is 0.301 e. The molecule has 0 saturated heterocycles. The van der Waals surface area contributed by atoms with E-state index in [-0.39, 0.29) is 17.1 Å². The number of carbonyl (C=O) groups excluding carboxylic acids is 1. The van der Waals surface area contributed by atoms with Gasteiger partial charge >= 0.3 is 5.56 Å². The topological polar surface area (TPSA) is 85.9 Å². The summed E-state index contributed by atoms with van der Waals surface area (Å²) < 4.78 is 3.40. The lowest BCUT2D eigenvalue weighted by atomic mass is 9.96. The third-order valence-electron chi connectivity index (χ3n) is 6.14. The molecule has 4 aromatic rings. The van der Waals surface area contributed by atoms with Gasteiger partial charge in [-0.25, -0.2) is 20.0 Å². The Morgan fingerprint density at radius 3 is 2.61 bits per heavy atom. The fourth-order valence-corrected chi connectivity index (χ4v) is 4.74. The molecule has 8 nitrogen and oxygen atoms in total. The molecule has 1 aromatic carbocycles. The largest absolute Gasteiger partial charge is 0.311 e. The lowest BCUT2D eigenvalue weighted by molar-refractivity contribution is -0.114. The molecule has 8 heteroatoms. The maximum atomic E-state index is 13.9. The van der Waals surface area contributed by atoms with E-state index in [0.29, 0.717) is 11.4 Å². The Hall–Kier alpha value is -4.33. The second-order valence-corrected chi connectivity index (χ2v) is 8.19. The fraction of sp³-hybridized carbons (Fsp3) is 0.160. The van der Waals surface area contributed by atoms with Crippen LogP contribution in [-0.4, -0.2) is 30.1 Å². The molecule has 1 amide bonds. The quantitative estimate of drug-likeness (QED) is 0.482. The van der Waals surface area contributed by atoms with Gasteiger partial charge in [0.15, 0.2) is 11.2 Å². The number of aromatic nitrogens is 5. The molecular formula is C25H20N6O2. The van der Waals surface area contributed by atoms with Crippen LogP contribution >= 0.6 is 0 Å². The highest BCUT2D eigenvalue weighted by atomic mass is 16.2. The standard InChI is InChI=1S/C25H20N6O2/c1-15-13-18-9-6-10-19-22(18)30(15)20(17-7-4-3-5-8-17)14-29(24(19)32)31-16(2)28-23-21(25(31)33)26-11-12-27-23/h3-5,7-8,10-14H,6,9H2,1-2H3. The Balaban J connectivity index is 1.69. The molecule has 0 bridgehead atoms. The van der Waals surface area contributed by atoms with Crippen LogP contribution in [0.5, 0.6) is 0 Å². The number of hydrogen-bond acceptors (Lipinski definition) is 5. The molecule has 162 valence electrons. The molecule has 0 N–H and O–H groups in total. The van der Waals surface area contributed by atoms with E-state index in [1.807, 2.05) is 43.3 Å². The Morgan fingerprint density at radius 1 is 1.00 bits per heavy atom. The third-order valence-corrected chi connectivity index (χ3v) is 6.14. The Morgan fingerprint density at radius 2 is 1.79 bits per heavy atom. The average Bonchev–Trinajstić information content (AvgIpc) is 3.10. The Kier molecular flexibility index (Phi) is 4.16. The summed E-state index contributed by atoms with van der Waals surface area (Å²) >= 11 is 0. The second-order valence-electron chi connectivity index (χ2n) is 8.19. The number of amides is 1. The Labute approximate surface area is 189 Å². The zero-order chi connectivity index (χ0) is 22.7. The molecule has 2 aliphatic rings. The first-order chi connectivity index (χ1) is 16.0. The zero-order valence-electron chi connectivity index (χ0n) is 18.2. The van der Waals surface area contributed by atoms with Crippen LogP contribution in [0.4, 0.5) is 0 Å². The Bertz CT molecular complexity index is 1580. The number of rotatable bonds is 2. The summed E-state index contributed by atoms with van der Waals surface area (Å²) in [5.74, 6) is 0.0708. The van der Waals surface area contributed by atoms with E-state index in [1.54, 1.807) is 13.1 Å². The SMILES string of the molecule is Cc1cc2c3n1C(c1ccccc1)=CN(n1c(C)nc4nccnc4c1=O)C(=O)C3=CCC2. The molecule has 3 aromatic heterocycles. The van der Waals surface area contributed by atoms with E-state index < -0.39 is 5.56 Å². The van der Waals surface area contributed by atoms with Gasteiger partial charge in [0.1, 0.15) is 5.82 Å². The van der Waals surface area contributed by atoms with E-state index in [4.69, 9.17) is 0 Å².